The number of hydrogen-bond acceptors (Lipinski definition) is 7. The van der Waals surface area contributed by atoms with Crippen molar-refractivity contribution in [3.63, 3.8) is 0 Å². The minimum atomic E-state index is 0.189. The van der Waals surface area contributed by atoms with Gasteiger partial charge in [-0.25, -0.2) is 0 Å². The van der Waals surface area contributed by atoms with Crippen molar-refractivity contribution in [3.8, 4) is 23.1 Å². The molecule has 0 saturated carbocycles. The van der Waals surface area contributed by atoms with Gasteiger partial charge in [-0.15, -0.1) is 10.2 Å². The molecule has 0 saturated heterocycles. The maximum atomic E-state index is 9.37. The van der Waals surface area contributed by atoms with Gasteiger partial charge in [-0.1, -0.05) is 29.3 Å². The Morgan fingerprint density at radius 1 is 1.14 bits per heavy atom. The summed E-state index contributed by atoms with van der Waals surface area (Å²) in [7, 11) is 0. The average Bonchev–Trinajstić information content (AvgIpc) is 3.28. The van der Waals surface area contributed by atoms with Crippen molar-refractivity contribution >= 4 is 46.5 Å². The minimum absolute atomic E-state index is 0.189. The van der Waals surface area contributed by atoms with Crippen molar-refractivity contribution in [3.05, 3.63) is 64.0 Å². The average molecular weight is 445 g/mol. The van der Waals surface area contributed by atoms with E-state index in [0.717, 1.165) is 28.3 Å². The Bertz CT molecular complexity index is 1200. The molecule has 0 fully saturated rings. The summed E-state index contributed by atoms with van der Waals surface area (Å²) in [6.07, 6.45) is 3.39. The first-order chi connectivity index (χ1) is 13.6. The van der Waals surface area contributed by atoms with E-state index in [1.165, 1.54) is 11.8 Å². The molecule has 0 spiro atoms. The summed E-state index contributed by atoms with van der Waals surface area (Å²) in [6.45, 7) is 1.94. The number of hydrogen-bond donors (Lipinski definition) is 0. The van der Waals surface area contributed by atoms with Gasteiger partial charge in [0.25, 0.3) is 0 Å². The van der Waals surface area contributed by atoms with Gasteiger partial charge in [-0.3, -0.25) is 9.55 Å². The summed E-state index contributed by atoms with van der Waals surface area (Å²) in [5, 5.41) is 19.5. The Balaban J connectivity index is 1.91. The molecule has 4 rings (SSSR count). The Morgan fingerprint density at radius 2 is 1.93 bits per heavy atom. The first kappa shape index (κ1) is 18.9. The fraction of sp³-hybridized carbons (Fsp3) is 0.0556. The molecule has 3 aromatic heterocycles. The van der Waals surface area contributed by atoms with Crippen LogP contribution in [0.2, 0.25) is 10.2 Å². The number of nitriles is 1. The fourth-order valence-electron chi connectivity index (χ4n) is 2.58. The molecule has 0 amide bonds. The first-order valence-corrected chi connectivity index (χ1v) is 10.3. The Morgan fingerprint density at radius 3 is 2.68 bits per heavy atom. The van der Waals surface area contributed by atoms with Crippen LogP contribution < -0.4 is 0 Å². The highest BCUT2D eigenvalue weighted by Gasteiger charge is 2.22. The molecular formula is C18H10Cl2N6S2. The zero-order valence-electron chi connectivity index (χ0n) is 14.3. The van der Waals surface area contributed by atoms with Crippen LogP contribution in [0.1, 0.15) is 11.1 Å². The number of halogens is 2. The van der Waals surface area contributed by atoms with Crippen LogP contribution in [0.4, 0.5) is 0 Å². The standard InChI is InChI=1S/C18H10Cl2N6S2/c1-10-13(19)3-2-4-14(10)26-16(11-5-7-22-8-6-11)23-24-18(26)27-17-12(9-21)15(20)25-28-17/h2-8H,1H3. The lowest BCUT2D eigenvalue weighted by Gasteiger charge is -2.13. The lowest BCUT2D eigenvalue weighted by molar-refractivity contribution is 0.881. The molecule has 0 aliphatic rings. The van der Waals surface area contributed by atoms with E-state index in [-0.39, 0.29) is 5.15 Å². The van der Waals surface area contributed by atoms with Gasteiger partial charge in [0.2, 0.25) is 5.16 Å². The van der Waals surface area contributed by atoms with Crippen LogP contribution in [0, 0.1) is 18.3 Å². The molecule has 10 heteroatoms. The fourth-order valence-corrected chi connectivity index (χ4v) is 4.84. The molecule has 0 atom stereocenters. The van der Waals surface area contributed by atoms with Gasteiger partial charge in [-0.2, -0.15) is 9.64 Å². The Kier molecular flexibility index (Phi) is 5.33. The van der Waals surface area contributed by atoms with Crippen LogP contribution in [-0.4, -0.2) is 24.1 Å². The number of rotatable bonds is 4. The smallest absolute Gasteiger partial charge is 0.201 e. The van der Waals surface area contributed by atoms with Gasteiger partial charge >= 0.3 is 0 Å². The molecular weight excluding hydrogens is 435 g/mol. The van der Waals surface area contributed by atoms with Crippen molar-refractivity contribution in [2.24, 2.45) is 0 Å². The minimum Gasteiger partial charge on any atom is -0.269 e. The predicted molar refractivity (Wildman–Crippen MR) is 110 cm³/mol. The zero-order valence-corrected chi connectivity index (χ0v) is 17.4. The van der Waals surface area contributed by atoms with E-state index in [4.69, 9.17) is 23.2 Å². The quantitative estimate of drug-likeness (QED) is 0.417. The van der Waals surface area contributed by atoms with Crippen LogP contribution in [-0.2, 0) is 0 Å². The van der Waals surface area contributed by atoms with E-state index in [1.807, 2.05) is 41.8 Å². The second-order valence-electron chi connectivity index (χ2n) is 5.61. The molecule has 0 N–H and O–H groups in total. The molecule has 4 aromatic rings. The highest BCUT2D eigenvalue weighted by molar-refractivity contribution is 8.01. The van der Waals surface area contributed by atoms with E-state index in [2.05, 4.69) is 25.6 Å². The Hall–Kier alpha value is -2.44. The van der Waals surface area contributed by atoms with Crippen molar-refractivity contribution in [1.82, 2.24) is 24.1 Å². The normalized spacial score (nSPS) is 10.8. The topological polar surface area (TPSA) is 80.3 Å². The molecule has 3 heterocycles. The summed E-state index contributed by atoms with van der Waals surface area (Å²) in [5.41, 5.74) is 2.93. The van der Waals surface area contributed by atoms with Crippen LogP contribution >= 0.6 is 46.5 Å². The van der Waals surface area contributed by atoms with Crippen LogP contribution in [0.25, 0.3) is 17.1 Å². The van der Waals surface area contributed by atoms with Crippen molar-refractivity contribution in [2.75, 3.05) is 0 Å². The molecule has 1 aromatic carbocycles. The van der Waals surface area contributed by atoms with E-state index in [1.54, 1.807) is 12.4 Å². The molecule has 0 radical (unpaired) electrons. The summed E-state index contributed by atoms with van der Waals surface area (Å²) in [4.78, 5) is 4.06. The van der Waals surface area contributed by atoms with Crippen molar-refractivity contribution in [2.45, 2.75) is 16.3 Å². The van der Waals surface area contributed by atoms with E-state index in [0.29, 0.717) is 25.8 Å². The van der Waals surface area contributed by atoms with E-state index in [9.17, 15) is 5.26 Å². The second-order valence-corrected chi connectivity index (χ2v) is 8.39. The summed E-state index contributed by atoms with van der Waals surface area (Å²) in [6, 6.07) is 11.5. The van der Waals surface area contributed by atoms with Gasteiger partial charge in [0.15, 0.2) is 11.0 Å². The van der Waals surface area contributed by atoms with Crippen molar-refractivity contribution in [1.29, 1.82) is 5.26 Å². The molecule has 0 unspecified atom stereocenters. The van der Waals surface area contributed by atoms with Gasteiger partial charge in [0.05, 0.1) is 5.69 Å². The molecule has 0 aliphatic heterocycles. The van der Waals surface area contributed by atoms with Gasteiger partial charge in [0.1, 0.15) is 15.8 Å². The number of nitrogens with zero attached hydrogens (tertiary/aromatic N) is 6. The summed E-state index contributed by atoms with van der Waals surface area (Å²) >= 11 is 14.8. The number of aromatic nitrogens is 5. The third-order valence-corrected chi connectivity index (χ3v) is 6.70. The van der Waals surface area contributed by atoms with Gasteiger partial charge in [0, 0.05) is 23.0 Å². The first-order valence-electron chi connectivity index (χ1n) is 7.94. The molecule has 138 valence electrons. The number of benzene rings is 1. The highest BCUT2D eigenvalue weighted by atomic mass is 35.5. The van der Waals surface area contributed by atoms with Crippen LogP contribution in [0.3, 0.4) is 0 Å². The van der Waals surface area contributed by atoms with Crippen LogP contribution in [0.5, 0.6) is 0 Å². The zero-order chi connectivity index (χ0) is 19.7. The third-order valence-electron chi connectivity index (χ3n) is 3.97. The van der Waals surface area contributed by atoms with Crippen LogP contribution in [0.15, 0.2) is 52.1 Å². The van der Waals surface area contributed by atoms with E-state index >= 15 is 0 Å². The highest BCUT2D eigenvalue weighted by Crippen LogP contribution is 2.39. The third kappa shape index (κ3) is 3.38. The van der Waals surface area contributed by atoms with E-state index < -0.39 is 0 Å². The summed E-state index contributed by atoms with van der Waals surface area (Å²) < 4.78 is 6.63. The SMILES string of the molecule is Cc1c(Cl)cccc1-n1c(Sc2snc(Cl)c2C#N)nnc1-c1ccncc1. The van der Waals surface area contributed by atoms with Gasteiger partial charge < -0.3 is 0 Å². The largest absolute Gasteiger partial charge is 0.269 e. The maximum Gasteiger partial charge on any atom is 0.201 e. The number of pyridine rings is 1. The summed E-state index contributed by atoms with van der Waals surface area (Å²) in [5.74, 6) is 0.643. The van der Waals surface area contributed by atoms with Gasteiger partial charge in [-0.05, 0) is 60.0 Å². The maximum absolute atomic E-state index is 9.37. The van der Waals surface area contributed by atoms with Crippen molar-refractivity contribution < 1.29 is 0 Å². The predicted octanol–water partition coefficient (Wildman–Crippen LogP) is 5.42. The molecule has 0 bridgehead atoms. The Labute approximate surface area is 179 Å². The molecule has 6 nitrogen and oxygen atoms in total. The monoisotopic (exact) mass is 444 g/mol. The lowest BCUT2D eigenvalue weighted by atomic mass is 10.2. The second kappa shape index (κ2) is 7.89. The lowest BCUT2D eigenvalue weighted by Crippen LogP contribution is -2.02. The molecule has 0 aliphatic carbocycles. The molecule has 28 heavy (non-hydrogen) atoms.